The number of hydrogen-bond donors (Lipinski definition) is 2. The molecule has 0 spiro atoms. The van der Waals surface area contributed by atoms with Crippen molar-refractivity contribution in [2.45, 2.75) is 51.5 Å². The summed E-state index contributed by atoms with van der Waals surface area (Å²) in [4.78, 5) is 13.6. The third-order valence-corrected chi connectivity index (χ3v) is 4.14. The van der Waals surface area contributed by atoms with E-state index in [4.69, 9.17) is 0 Å². The first kappa shape index (κ1) is 15.7. The van der Waals surface area contributed by atoms with Crippen molar-refractivity contribution >= 4 is 11.8 Å². The van der Waals surface area contributed by atoms with Crippen molar-refractivity contribution in [1.82, 2.24) is 15.0 Å². The zero-order chi connectivity index (χ0) is 16.1. The molecule has 0 bridgehead atoms. The van der Waals surface area contributed by atoms with Crippen LogP contribution in [0.4, 0.5) is 11.8 Å². The van der Waals surface area contributed by atoms with E-state index in [2.05, 4.69) is 45.5 Å². The summed E-state index contributed by atoms with van der Waals surface area (Å²) >= 11 is 0. The Balaban J connectivity index is 1.65. The molecule has 0 aromatic carbocycles. The van der Waals surface area contributed by atoms with Crippen LogP contribution in [0, 0.1) is 0 Å². The lowest BCUT2D eigenvalue weighted by Crippen LogP contribution is -2.17. The first-order valence-corrected chi connectivity index (χ1v) is 8.54. The first-order chi connectivity index (χ1) is 11.2. The Hall–Kier alpha value is -2.17. The van der Waals surface area contributed by atoms with Crippen LogP contribution in [-0.4, -0.2) is 27.5 Å². The van der Waals surface area contributed by atoms with Crippen molar-refractivity contribution in [3.8, 4) is 0 Å². The lowest BCUT2D eigenvalue weighted by molar-refractivity contribution is 0.750. The average molecular weight is 311 g/mol. The van der Waals surface area contributed by atoms with Gasteiger partial charge in [0.05, 0.1) is 5.69 Å². The number of aromatic nitrogens is 3. The fraction of sp³-hybridized carbons (Fsp3) is 0.500. The van der Waals surface area contributed by atoms with Crippen LogP contribution in [0.5, 0.6) is 0 Å². The molecular weight excluding hydrogens is 286 g/mol. The Kier molecular flexibility index (Phi) is 5.05. The molecule has 5 heteroatoms. The summed E-state index contributed by atoms with van der Waals surface area (Å²) in [6.07, 6.45) is 6.26. The number of rotatable bonds is 8. The Bertz CT molecular complexity index is 625. The minimum Gasteiger partial charge on any atom is -0.370 e. The maximum absolute atomic E-state index is 4.68. The van der Waals surface area contributed by atoms with E-state index in [1.807, 2.05) is 24.4 Å². The van der Waals surface area contributed by atoms with Gasteiger partial charge in [0, 0.05) is 42.9 Å². The van der Waals surface area contributed by atoms with E-state index >= 15 is 0 Å². The van der Waals surface area contributed by atoms with Gasteiger partial charge in [-0.15, -0.1) is 0 Å². The summed E-state index contributed by atoms with van der Waals surface area (Å²) in [7, 11) is 0. The van der Waals surface area contributed by atoms with Crippen LogP contribution in [0.3, 0.4) is 0 Å². The van der Waals surface area contributed by atoms with Crippen LogP contribution in [-0.2, 0) is 6.42 Å². The molecule has 0 unspecified atom stereocenters. The van der Waals surface area contributed by atoms with Gasteiger partial charge in [-0.25, -0.2) is 4.98 Å². The maximum Gasteiger partial charge on any atom is 0.225 e. The molecular formula is C18H25N5. The fourth-order valence-electron chi connectivity index (χ4n) is 2.40. The van der Waals surface area contributed by atoms with E-state index in [1.54, 1.807) is 0 Å². The predicted molar refractivity (Wildman–Crippen MR) is 93.8 cm³/mol. The summed E-state index contributed by atoms with van der Waals surface area (Å²) < 4.78 is 0. The Morgan fingerprint density at radius 2 is 2.13 bits per heavy atom. The van der Waals surface area contributed by atoms with Crippen LogP contribution in [0.15, 0.2) is 30.5 Å². The number of anilines is 2. The molecule has 23 heavy (non-hydrogen) atoms. The highest BCUT2D eigenvalue weighted by molar-refractivity contribution is 5.44. The molecule has 0 radical (unpaired) electrons. The molecule has 1 aliphatic carbocycles. The molecule has 122 valence electrons. The summed E-state index contributed by atoms with van der Waals surface area (Å²) in [5.41, 5.74) is 2.25. The minimum atomic E-state index is 0.380. The van der Waals surface area contributed by atoms with E-state index in [0.717, 1.165) is 42.5 Å². The smallest absolute Gasteiger partial charge is 0.225 e. The molecule has 2 aromatic heterocycles. The van der Waals surface area contributed by atoms with E-state index in [-0.39, 0.29) is 0 Å². The van der Waals surface area contributed by atoms with Crippen molar-refractivity contribution in [1.29, 1.82) is 0 Å². The second-order valence-corrected chi connectivity index (χ2v) is 6.23. The first-order valence-electron chi connectivity index (χ1n) is 8.54. The van der Waals surface area contributed by atoms with E-state index in [1.165, 1.54) is 12.8 Å². The molecule has 5 nitrogen and oxygen atoms in total. The lowest BCUT2D eigenvalue weighted by Gasteiger charge is -2.14. The number of hydrogen-bond acceptors (Lipinski definition) is 5. The minimum absolute atomic E-state index is 0.380. The lowest BCUT2D eigenvalue weighted by atomic mass is 10.2. The van der Waals surface area contributed by atoms with Crippen molar-refractivity contribution in [3.05, 3.63) is 41.9 Å². The summed E-state index contributed by atoms with van der Waals surface area (Å²) in [6, 6.07) is 8.49. The van der Waals surface area contributed by atoms with Gasteiger partial charge in [0.1, 0.15) is 5.82 Å². The van der Waals surface area contributed by atoms with Crippen molar-refractivity contribution in [3.63, 3.8) is 0 Å². The SMILES string of the molecule is CC[C@H](C)Nc1nc(NCCc2ccccn2)cc(C2CC2)n1. The van der Waals surface area contributed by atoms with Crippen LogP contribution < -0.4 is 10.6 Å². The Morgan fingerprint density at radius 1 is 1.26 bits per heavy atom. The quantitative estimate of drug-likeness (QED) is 0.779. The molecule has 3 rings (SSSR count). The van der Waals surface area contributed by atoms with Crippen LogP contribution in [0.2, 0.25) is 0 Å². The average Bonchev–Trinajstić information content (AvgIpc) is 3.40. The molecule has 1 saturated carbocycles. The summed E-state index contributed by atoms with van der Waals surface area (Å²) in [5, 5.41) is 6.81. The highest BCUT2D eigenvalue weighted by atomic mass is 15.2. The fourth-order valence-corrected chi connectivity index (χ4v) is 2.40. The summed E-state index contributed by atoms with van der Waals surface area (Å²) in [5.74, 6) is 2.26. The number of nitrogens with zero attached hydrogens (tertiary/aromatic N) is 3. The predicted octanol–water partition coefficient (Wildman–Crippen LogP) is 3.61. The molecule has 2 aromatic rings. The van der Waals surface area contributed by atoms with Crippen molar-refractivity contribution in [2.24, 2.45) is 0 Å². The number of pyridine rings is 1. The molecule has 2 heterocycles. The Labute approximate surface area is 138 Å². The zero-order valence-electron chi connectivity index (χ0n) is 13.9. The van der Waals surface area contributed by atoms with Gasteiger partial charge in [-0.2, -0.15) is 4.98 Å². The molecule has 1 atom stereocenters. The van der Waals surface area contributed by atoms with Gasteiger partial charge in [0.15, 0.2) is 0 Å². The van der Waals surface area contributed by atoms with Gasteiger partial charge in [-0.3, -0.25) is 4.98 Å². The molecule has 1 aliphatic rings. The highest BCUT2D eigenvalue weighted by Crippen LogP contribution is 2.39. The van der Waals surface area contributed by atoms with Gasteiger partial charge >= 0.3 is 0 Å². The topological polar surface area (TPSA) is 62.7 Å². The normalized spacial score (nSPS) is 15.2. The molecule has 0 aliphatic heterocycles. The van der Waals surface area contributed by atoms with Gasteiger partial charge in [-0.1, -0.05) is 13.0 Å². The van der Waals surface area contributed by atoms with Gasteiger partial charge in [0.25, 0.3) is 0 Å². The molecule has 0 saturated heterocycles. The van der Waals surface area contributed by atoms with E-state index in [0.29, 0.717) is 12.0 Å². The Morgan fingerprint density at radius 3 is 2.83 bits per heavy atom. The second kappa shape index (κ2) is 7.40. The van der Waals surface area contributed by atoms with Crippen LogP contribution >= 0.6 is 0 Å². The third-order valence-electron chi connectivity index (χ3n) is 4.14. The largest absolute Gasteiger partial charge is 0.370 e. The van der Waals surface area contributed by atoms with E-state index in [9.17, 15) is 0 Å². The van der Waals surface area contributed by atoms with Crippen LogP contribution in [0.1, 0.15) is 50.4 Å². The molecule has 2 N–H and O–H groups in total. The number of nitrogens with one attached hydrogen (secondary N) is 2. The standard InChI is InChI=1S/C18H25N5/c1-3-13(2)21-18-22-16(14-7-8-14)12-17(23-18)20-11-9-15-6-4-5-10-19-15/h4-6,10,12-14H,3,7-9,11H2,1-2H3,(H2,20,21,22,23)/t13-/m0/s1. The second-order valence-electron chi connectivity index (χ2n) is 6.23. The molecule has 0 amide bonds. The summed E-state index contributed by atoms with van der Waals surface area (Å²) in [6.45, 7) is 5.14. The third kappa shape index (κ3) is 4.65. The zero-order valence-corrected chi connectivity index (χ0v) is 13.9. The van der Waals surface area contributed by atoms with Gasteiger partial charge < -0.3 is 10.6 Å². The monoisotopic (exact) mass is 311 g/mol. The van der Waals surface area contributed by atoms with Crippen molar-refractivity contribution in [2.75, 3.05) is 17.2 Å². The van der Waals surface area contributed by atoms with E-state index < -0.39 is 0 Å². The van der Waals surface area contributed by atoms with Crippen molar-refractivity contribution < 1.29 is 0 Å². The maximum atomic E-state index is 4.68. The van der Waals surface area contributed by atoms with Crippen LogP contribution in [0.25, 0.3) is 0 Å². The molecule has 1 fully saturated rings. The highest BCUT2D eigenvalue weighted by Gasteiger charge is 2.26. The van der Waals surface area contributed by atoms with Gasteiger partial charge in [0.2, 0.25) is 5.95 Å². The van der Waals surface area contributed by atoms with Gasteiger partial charge in [-0.05, 0) is 38.3 Å².